The van der Waals surface area contributed by atoms with Crippen LogP contribution in [-0.2, 0) is 0 Å². The summed E-state index contributed by atoms with van der Waals surface area (Å²) < 4.78 is 1.69. The summed E-state index contributed by atoms with van der Waals surface area (Å²) >= 11 is 12.0. The first kappa shape index (κ1) is 17.9. The molecule has 27 heavy (non-hydrogen) atoms. The summed E-state index contributed by atoms with van der Waals surface area (Å²) in [5, 5.41) is 5.69. The summed E-state index contributed by atoms with van der Waals surface area (Å²) in [7, 11) is 0. The van der Waals surface area contributed by atoms with Gasteiger partial charge in [-0.05, 0) is 42.5 Å². The Hall–Kier alpha value is -2.50. The molecular formula is C20H18Cl2N4O. The van der Waals surface area contributed by atoms with Crippen LogP contribution in [0.25, 0.3) is 5.69 Å². The predicted molar refractivity (Wildman–Crippen MR) is 108 cm³/mol. The SMILES string of the molecule is O=C(c1cnn(-c2ccc(Cl)cc2)c1)N1CCN(c2cccc(Cl)c2)CC1. The molecule has 3 aromatic rings. The zero-order valence-electron chi connectivity index (χ0n) is 14.6. The van der Waals surface area contributed by atoms with E-state index in [9.17, 15) is 4.79 Å². The second-order valence-electron chi connectivity index (χ2n) is 6.41. The summed E-state index contributed by atoms with van der Waals surface area (Å²) in [4.78, 5) is 16.9. The van der Waals surface area contributed by atoms with Gasteiger partial charge in [-0.2, -0.15) is 5.10 Å². The maximum Gasteiger partial charge on any atom is 0.257 e. The molecule has 1 amide bonds. The number of anilines is 1. The number of halogens is 2. The maximum atomic E-state index is 12.8. The first-order valence-corrected chi connectivity index (χ1v) is 9.46. The van der Waals surface area contributed by atoms with Crippen LogP contribution in [0.2, 0.25) is 10.0 Å². The lowest BCUT2D eigenvalue weighted by Crippen LogP contribution is -2.48. The van der Waals surface area contributed by atoms with Crippen LogP contribution in [0, 0.1) is 0 Å². The number of carbonyl (C=O) groups is 1. The Kier molecular flexibility index (Phi) is 5.05. The van der Waals surface area contributed by atoms with Crippen molar-refractivity contribution in [3.8, 4) is 5.69 Å². The van der Waals surface area contributed by atoms with Crippen LogP contribution < -0.4 is 4.90 Å². The highest BCUT2D eigenvalue weighted by Crippen LogP contribution is 2.21. The molecule has 1 aromatic heterocycles. The smallest absolute Gasteiger partial charge is 0.257 e. The number of carbonyl (C=O) groups excluding carboxylic acids is 1. The highest BCUT2D eigenvalue weighted by atomic mass is 35.5. The number of hydrogen-bond donors (Lipinski definition) is 0. The molecule has 5 nitrogen and oxygen atoms in total. The van der Waals surface area contributed by atoms with E-state index in [0.717, 1.165) is 29.5 Å². The Morgan fingerprint density at radius 1 is 0.889 bits per heavy atom. The molecule has 1 aliphatic heterocycles. The molecule has 0 radical (unpaired) electrons. The number of rotatable bonds is 3. The van der Waals surface area contributed by atoms with Gasteiger partial charge in [-0.25, -0.2) is 4.68 Å². The molecule has 0 spiro atoms. The van der Waals surface area contributed by atoms with Crippen molar-refractivity contribution < 1.29 is 4.79 Å². The van der Waals surface area contributed by atoms with E-state index >= 15 is 0 Å². The lowest BCUT2D eigenvalue weighted by molar-refractivity contribution is 0.0747. The van der Waals surface area contributed by atoms with Crippen molar-refractivity contribution in [3.63, 3.8) is 0 Å². The van der Waals surface area contributed by atoms with E-state index in [-0.39, 0.29) is 5.91 Å². The van der Waals surface area contributed by atoms with Gasteiger partial charge in [0.25, 0.3) is 5.91 Å². The normalized spacial score (nSPS) is 14.4. The molecule has 138 valence electrons. The first-order chi connectivity index (χ1) is 13.1. The lowest BCUT2D eigenvalue weighted by atomic mass is 10.2. The standard InChI is InChI=1S/C20H18Cl2N4O/c21-16-4-6-18(7-5-16)26-14-15(13-23-26)20(27)25-10-8-24(9-11-25)19-3-1-2-17(22)12-19/h1-7,12-14H,8-11H2. The topological polar surface area (TPSA) is 41.4 Å². The molecule has 2 aromatic carbocycles. The van der Waals surface area contributed by atoms with Crippen molar-refractivity contribution in [1.82, 2.24) is 14.7 Å². The monoisotopic (exact) mass is 400 g/mol. The van der Waals surface area contributed by atoms with Gasteiger partial charge in [0.1, 0.15) is 0 Å². The van der Waals surface area contributed by atoms with E-state index < -0.39 is 0 Å². The number of amides is 1. The number of hydrogen-bond acceptors (Lipinski definition) is 3. The van der Waals surface area contributed by atoms with Gasteiger partial charge in [0.05, 0.1) is 17.4 Å². The number of aromatic nitrogens is 2. The molecule has 1 saturated heterocycles. The minimum atomic E-state index is 0.000887. The fourth-order valence-corrected chi connectivity index (χ4v) is 3.50. The predicted octanol–water partition coefficient (Wildman–Crippen LogP) is 4.14. The van der Waals surface area contributed by atoms with E-state index in [0.29, 0.717) is 23.7 Å². The van der Waals surface area contributed by atoms with E-state index in [1.54, 1.807) is 29.2 Å². The molecule has 7 heteroatoms. The van der Waals surface area contributed by atoms with Gasteiger partial charge in [-0.1, -0.05) is 29.3 Å². The van der Waals surface area contributed by atoms with E-state index in [4.69, 9.17) is 23.2 Å². The van der Waals surface area contributed by atoms with Crippen molar-refractivity contribution in [1.29, 1.82) is 0 Å². The van der Waals surface area contributed by atoms with Crippen LogP contribution in [-0.4, -0.2) is 46.8 Å². The van der Waals surface area contributed by atoms with E-state index in [1.165, 1.54) is 0 Å². The van der Waals surface area contributed by atoms with Crippen LogP contribution >= 0.6 is 23.2 Å². The van der Waals surface area contributed by atoms with E-state index in [2.05, 4.69) is 10.00 Å². The molecule has 0 N–H and O–H groups in total. The van der Waals surface area contributed by atoms with Gasteiger partial charge in [-0.3, -0.25) is 4.79 Å². The van der Waals surface area contributed by atoms with Crippen LogP contribution in [0.15, 0.2) is 60.9 Å². The van der Waals surface area contributed by atoms with Gasteiger partial charge in [0.2, 0.25) is 0 Å². The number of nitrogens with zero attached hydrogens (tertiary/aromatic N) is 4. The first-order valence-electron chi connectivity index (χ1n) is 8.70. The molecule has 4 rings (SSSR count). The summed E-state index contributed by atoms with van der Waals surface area (Å²) in [6.45, 7) is 2.88. The third kappa shape index (κ3) is 3.94. The number of benzene rings is 2. The summed E-state index contributed by atoms with van der Waals surface area (Å²) in [5.74, 6) is 0.000887. The van der Waals surface area contributed by atoms with Crippen molar-refractivity contribution in [2.45, 2.75) is 0 Å². The zero-order valence-corrected chi connectivity index (χ0v) is 16.1. The third-order valence-corrected chi connectivity index (χ3v) is 5.15. The largest absolute Gasteiger partial charge is 0.368 e. The van der Waals surface area contributed by atoms with Crippen LogP contribution in [0.3, 0.4) is 0 Å². The van der Waals surface area contributed by atoms with Crippen molar-refractivity contribution in [2.75, 3.05) is 31.1 Å². The Labute approximate surface area is 167 Å². The van der Waals surface area contributed by atoms with Gasteiger partial charge in [0.15, 0.2) is 0 Å². The quantitative estimate of drug-likeness (QED) is 0.663. The molecule has 0 unspecified atom stereocenters. The molecule has 1 aliphatic rings. The summed E-state index contributed by atoms with van der Waals surface area (Å²) in [6.07, 6.45) is 3.37. The highest BCUT2D eigenvalue weighted by molar-refractivity contribution is 6.31. The fourth-order valence-electron chi connectivity index (χ4n) is 3.19. The lowest BCUT2D eigenvalue weighted by Gasteiger charge is -2.36. The minimum absolute atomic E-state index is 0.000887. The van der Waals surface area contributed by atoms with Gasteiger partial charge in [-0.15, -0.1) is 0 Å². The Balaban J connectivity index is 1.42. The average Bonchev–Trinajstić information content (AvgIpc) is 3.18. The highest BCUT2D eigenvalue weighted by Gasteiger charge is 2.23. The van der Waals surface area contributed by atoms with Crippen molar-refractivity contribution in [3.05, 3.63) is 76.5 Å². The molecule has 2 heterocycles. The Bertz CT molecular complexity index is 947. The van der Waals surface area contributed by atoms with Crippen LogP contribution in [0.1, 0.15) is 10.4 Å². The maximum absolute atomic E-state index is 12.8. The molecule has 0 atom stereocenters. The number of piperazine rings is 1. The molecule has 0 bridgehead atoms. The molecule has 1 fully saturated rings. The van der Waals surface area contributed by atoms with Gasteiger partial charge >= 0.3 is 0 Å². The summed E-state index contributed by atoms with van der Waals surface area (Å²) in [6, 6.07) is 15.1. The van der Waals surface area contributed by atoms with E-state index in [1.807, 2.05) is 41.3 Å². The van der Waals surface area contributed by atoms with Crippen LogP contribution in [0.5, 0.6) is 0 Å². The second kappa shape index (κ2) is 7.62. The van der Waals surface area contributed by atoms with Crippen molar-refractivity contribution in [2.24, 2.45) is 0 Å². The molecule has 0 saturated carbocycles. The average molecular weight is 401 g/mol. The fraction of sp³-hybridized carbons (Fsp3) is 0.200. The third-order valence-electron chi connectivity index (χ3n) is 4.66. The minimum Gasteiger partial charge on any atom is -0.368 e. The van der Waals surface area contributed by atoms with Crippen LogP contribution in [0.4, 0.5) is 5.69 Å². The Morgan fingerprint density at radius 2 is 1.63 bits per heavy atom. The molecular weight excluding hydrogens is 383 g/mol. The van der Waals surface area contributed by atoms with Crippen molar-refractivity contribution >= 4 is 34.8 Å². The Morgan fingerprint density at radius 3 is 2.33 bits per heavy atom. The molecule has 0 aliphatic carbocycles. The second-order valence-corrected chi connectivity index (χ2v) is 7.28. The zero-order chi connectivity index (χ0) is 18.8. The van der Waals surface area contributed by atoms with Gasteiger partial charge < -0.3 is 9.80 Å². The summed E-state index contributed by atoms with van der Waals surface area (Å²) in [5.41, 5.74) is 2.54. The van der Waals surface area contributed by atoms with Gasteiger partial charge in [0, 0.05) is 48.1 Å².